The van der Waals surface area contributed by atoms with E-state index in [4.69, 9.17) is 22.1 Å². The summed E-state index contributed by atoms with van der Waals surface area (Å²) in [5.41, 5.74) is 13.0. The molecule has 0 aliphatic rings. The summed E-state index contributed by atoms with van der Waals surface area (Å²) in [6, 6.07) is 19.8. The first-order valence-electron chi connectivity index (χ1n) is 10.5. The van der Waals surface area contributed by atoms with Crippen molar-refractivity contribution in [3.05, 3.63) is 100 Å². The number of carbonyl (C=O) groups excluding carboxylic acids is 3. The van der Waals surface area contributed by atoms with Gasteiger partial charge in [0.2, 0.25) is 5.91 Å². The number of aryl methyl sites for hydroxylation is 1. The van der Waals surface area contributed by atoms with E-state index in [0.29, 0.717) is 22.9 Å². The largest absolute Gasteiger partial charge is 0.489 e. The number of benzene rings is 3. The molecular formula is C25H25ClN4O4. The van der Waals surface area contributed by atoms with Crippen LogP contribution in [-0.2, 0) is 11.4 Å². The van der Waals surface area contributed by atoms with E-state index in [-0.39, 0.29) is 6.42 Å². The number of nitrogens with one attached hydrogen (secondary N) is 3. The van der Waals surface area contributed by atoms with Crippen LogP contribution in [0.15, 0.2) is 72.8 Å². The molecule has 0 spiro atoms. The Morgan fingerprint density at radius 1 is 0.912 bits per heavy atom. The van der Waals surface area contributed by atoms with Crippen molar-refractivity contribution in [1.82, 2.24) is 16.2 Å². The van der Waals surface area contributed by atoms with E-state index in [1.807, 2.05) is 19.1 Å². The minimum atomic E-state index is -0.748. The molecule has 0 aromatic heterocycles. The van der Waals surface area contributed by atoms with Crippen LogP contribution in [0.5, 0.6) is 5.75 Å². The van der Waals surface area contributed by atoms with Crippen LogP contribution in [0.4, 0.5) is 4.79 Å². The van der Waals surface area contributed by atoms with E-state index in [9.17, 15) is 14.4 Å². The summed E-state index contributed by atoms with van der Waals surface area (Å²) < 4.78 is 5.68. The van der Waals surface area contributed by atoms with Crippen molar-refractivity contribution in [3.63, 3.8) is 0 Å². The van der Waals surface area contributed by atoms with Crippen LogP contribution < -0.4 is 26.6 Å². The minimum Gasteiger partial charge on any atom is -0.489 e. The molecule has 0 saturated heterocycles. The van der Waals surface area contributed by atoms with Crippen LogP contribution in [0, 0.1) is 6.92 Å². The van der Waals surface area contributed by atoms with E-state index < -0.39 is 23.9 Å². The molecule has 176 valence electrons. The van der Waals surface area contributed by atoms with E-state index in [1.165, 1.54) is 0 Å². The Hall–Kier alpha value is -4.04. The predicted octanol–water partition coefficient (Wildman–Crippen LogP) is 3.79. The molecule has 34 heavy (non-hydrogen) atoms. The van der Waals surface area contributed by atoms with Crippen molar-refractivity contribution in [1.29, 1.82) is 0 Å². The van der Waals surface area contributed by atoms with Gasteiger partial charge < -0.3 is 15.8 Å². The highest BCUT2D eigenvalue weighted by atomic mass is 35.5. The molecule has 9 heteroatoms. The standard InChI is InChI=1S/C25H25ClN4O4/c1-16-2-6-18(7-3-16)22(28-25(27)33)14-23(31)29-30-24(32)19-8-4-17(5-9-19)15-34-21-12-10-20(26)11-13-21/h2-13,22H,14-15H2,1H3,(H,29,31)(H,30,32)(H3,27,28,33)/t22-/m1/s1. The number of nitrogens with two attached hydrogens (primary N) is 1. The van der Waals surface area contributed by atoms with Crippen LogP contribution in [-0.4, -0.2) is 17.8 Å². The average molecular weight is 481 g/mol. The Bertz CT molecular complexity index is 1130. The van der Waals surface area contributed by atoms with Crippen LogP contribution >= 0.6 is 11.6 Å². The molecule has 8 nitrogen and oxygen atoms in total. The maximum atomic E-state index is 12.4. The molecule has 0 saturated carbocycles. The van der Waals surface area contributed by atoms with Gasteiger partial charge in [-0.1, -0.05) is 53.6 Å². The molecular weight excluding hydrogens is 456 g/mol. The molecule has 3 rings (SSSR count). The molecule has 0 unspecified atom stereocenters. The van der Waals surface area contributed by atoms with Gasteiger partial charge in [-0.25, -0.2) is 4.79 Å². The van der Waals surface area contributed by atoms with Gasteiger partial charge in [0.25, 0.3) is 5.91 Å². The first-order chi connectivity index (χ1) is 16.3. The number of amides is 4. The van der Waals surface area contributed by atoms with Gasteiger partial charge in [-0.15, -0.1) is 0 Å². The first-order valence-corrected chi connectivity index (χ1v) is 10.9. The number of ether oxygens (including phenoxy) is 1. The van der Waals surface area contributed by atoms with Gasteiger partial charge in [-0.2, -0.15) is 0 Å². The zero-order valence-electron chi connectivity index (χ0n) is 18.5. The summed E-state index contributed by atoms with van der Waals surface area (Å²) in [6.45, 7) is 2.26. The van der Waals surface area contributed by atoms with Crippen LogP contribution in [0.2, 0.25) is 5.02 Å². The zero-order chi connectivity index (χ0) is 24.5. The Balaban J connectivity index is 1.50. The zero-order valence-corrected chi connectivity index (χ0v) is 19.3. The number of urea groups is 1. The fraction of sp³-hybridized carbons (Fsp3) is 0.160. The third-order valence-corrected chi connectivity index (χ3v) is 5.19. The number of hydrogen-bond acceptors (Lipinski definition) is 4. The number of hydrogen-bond donors (Lipinski definition) is 4. The third-order valence-electron chi connectivity index (χ3n) is 4.94. The number of carbonyl (C=O) groups is 3. The van der Waals surface area contributed by atoms with Gasteiger partial charge in [0.05, 0.1) is 12.5 Å². The van der Waals surface area contributed by atoms with E-state index in [0.717, 1.165) is 16.7 Å². The van der Waals surface area contributed by atoms with Crippen molar-refractivity contribution in [2.45, 2.75) is 26.0 Å². The van der Waals surface area contributed by atoms with Gasteiger partial charge in [-0.3, -0.25) is 20.4 Å². The van der Waals surface area contributed by atoms with E-state index in [2.05, 4.69) is 16.2 Å². The summed E-state index contributed by atoms with van der Waals surface area (Å²) in [6.07, 6.45) is -0.104. The molecule has 0 bridgehead atoms. The highest BCUT2D eigenvalue weighted by Gasteiger charge is 2.18. The lowest BCUT2D eigenvalue weighted by molar-refractivity contribution is -0.122. The summed E-state index contributed by atoms with van der Waals surface area (Å²) in [4.78, 5) is 36.1. The maximum Gasteiger partial charge on any atom is 0.312 e. The van der Waals surface area contributed by atoms with Crippen molar-refractivity contribution >= 4 is 29.4 Å². The molecule has 1 atom stereocenters. The minimum absolute atomic E-state index is 0.104. The fourth-order valence-electron chi connectivity index (χ4n) is 3.11. The Labute approximate surface area is 202 Å². The second-order valence-corrected chi connectivity index (χ2v) is 8.05. The topological polar surface area (TPSA) is 123 Å². The third kappa shape index (κ3) is 7.53. The van der Waals surface area contributed by atoms with Crippen molar-refractivity contribution in [2.24, 2.45) is 5.73 Å². The van der Waals surface area contributed by atoms with Gasteiger partial charge in [-0.05, 0) is 54.4 Å². The number of rotatable bonds is 8. The predicted molar refractivity (Wildman–Crippen MR) is 129 cm³/mol. The average Bonchev–Trinajstić information content (AvgIpc) is 2.82. The van der Waals surface area contributed by atoms with Crippen LogP contribution in [0.1, 0.15) is 39.5 Å². The Morgan fingerprint density at radius 2 is 1.56 bits per heavy atom. The van der Waals surface area contributed by atoms with Crippen molar-refractivity contribution in [3.8, 4) is 5.75 Å². The molecule has 4 amide bonds. The van der Waals surface area contributed by atoms with Gasteiger partial charge in [0, 0.05) is 10.6 Å². The number of halogens is 1. The van der Waals surface area contributed by atoms with E-state index in [1.54, 1.807) is 60.7 Å². The second-order valence-electron chi connectivity index (χ2n) is 7.62. The smallest absolute Gasteiger partial charge is 0.312 e. The Kier molecular flexibility index (Phi) is 8.48. The van der Waals surface area contributed by atoms with Gasteiger partial charge in [0.1, 0.15) is 12.4 Å². The lowest BCUT2D eigenvalue weighted by atomic mass is 10.0. The molecule has 0 heterocycles. The lowest BCUT2D eigenvalue weighted by Crippen LogP contribution is -2.44. The van der Waals surface area contributed by atoms with Crippen LogP contribution in [0.25, 0.3) is 0 Å². The monoisotopic (exact) mass is 480 g/mol. The SMILES string of the molecule is Cc1ccc([C@@H](CC(=O)NNC(=O)c2ccc(COc3ccc(Cl)cc3)cc2)NC(N)=O)cc1. The lowest BCUT2D eigenvalue weighted by Gasteiger charge is -2.18. The summed E-state index contributed by atoms with van der Waals surface area (Å²) in [5.74, 6) is -0.280. The second kappa shape index (κ2) is 11.7. The number of hydrazine groups is 1. The molecule has 3 aromatic carbocycles. The highest BCUT2D eigenvalue weighted by Crippen LogP contribution is 2.18. The van der Waals surface area contributed by atoms with E-state index >= 15 is 0 Å². The molecule has 0 aliphatic heterocycles. The molecule has 0 fully saturated rings. The van der Waals surface area contributed by atoms with Crippen LogP contribution in [0.3, 0.4) is 0 Å². The number of primary amides is 1. The summed E-state index contributed by atoms with van der Waals surface area (Å²) >= 11 is 5.86. The summed E-state index contributed by atoms with van der Waals surface area (Å²) in [7, 11) is 0. The normalized spacial score (nSPS) is 11.2. The molecule has 3 aromatic rings. The quantitative estimate of drug-likeness (QED) is 0.366. The first kappa shape index (κ1) is 24.6. The molecule has 0 aliphatic carbocycles. The van der Waals surface area contributed by atoms with Crippen molar-refractivity contribution in [2.75, 3.05) is 0 Å². The molecule has 5 N–H and O–H groups in total. The Morgan fingerprint density at radius 3 is 2.18 bits per heavy atom. The highest BCUT2D eigenvalue weighted by molar-refractivity contribution is 6.30. The summed E-state index contributed by atoms with van der Waals surface area (Å²) in [5, 5.41) is 3.17. The van der Waals surface area contributed by atoms with Gasteiger partial charge in [0.15, 0.2) is 0 Å². The molecule has 0 radical (unpaired) electrons. The van der Waals surface area contributed by atoms with Gasteiger partial charge >= 0.3 is 6.03 Å². The maximum absolute atomic E-state index is 12.4. The fourth-order valence-corrected chi connectivity index (χ4v) is 3.23. The van der Waals surface area contributed by atoms with Crippen molar-refractivity contribution < 1.29 is 19.1 Å².